The molecule has 0 aromatic heterocycles. The predicted octanol–water partition coefficient (Wildman–Crippen LogP) is 1.94. The molecular weight excluding hydrogens is 194 g/mol. The van der Waals surface area contributed by atoms with Crippen molar-refractivity contribution in [3.8, 4) is 6.07 Å². The monoisotopic (exact) mass is 205 g/mol. The highest BCUT2D eigenvalue weighted by Gasteiger charge is 2.10. The summed E-state index contributed by atoms with van der Waals surface area (Å²) in [7, 11) is 1.77. The van der Waals surface area contributed by atoms with Crippen LogP contribution in [0.3, 0.4) is 0 Å². The van der Waals surface area contributed by atoms with Gasteiger partial charge in [0.1, 0.15) is 6.04 Å². The van der Waals surface area contributed by atoms with Crippen LogP contribution < -0.4 is 4.90 Å². The van der Waals surface area contributed by atoms with Crippen LogP contribution in [-0.2, 0) is 0 Å². The summed E-state index contributed by atoms with van der Waals surface area (Å²) in [4.78, 5) is 11.7. The van der Waals surface area contributed by atoms with E-state index in [1.165, 1.54) is 12.1 Å². The number of benzene rings is 1. The van der Waals surface area contributed by atoms with Crippen molar-refractivity contribution >= 4 is 11.4 Å². The summed E-state index contributed by atoms with van der Waals surface area (Å²) in [5, 5.41) is 19.1. The first kappa shape index (κ1) is 11.0. The fraction of sp³-hybridized carbons (Fsp3) is 0.300. The SMILES string of the molecule is CC(C#N)N(C)c1ccc([N+](=O)[O-])cc1. The first-order valence-electron chi connectivity index (χ1n) is 4.43. The van der Waals surface area contributed by atoms with Gasteiger partial charge in [0.2, 0.25) is 0 Å². The summed E-state index contributed by atoms with van der Waals surface area (Å²) in [5.74, 6) is 0. The molecule has 1 unspecified atom stereocenters. The van der Waals surface area contributed by atoms with E-state index in [0.29, 0.717) is 0 Å². The standard InChI is InChI=1S/C10H11N3O2/c1-8(7-11)12(2)9-3-5-10(6-4-9)13(14)15/h3-6,8H,1-2H3. The molecule has 5 nitrogen and oxygen atoms in total. The van der Waals surface area contributed by atoms with Crippen LogP contribution in [0.25, 0.3) is 0 Å². The van der Waals surface area contributed by atoms with E-state index in [4.69, 9.17) is 5.26 Å². The van der Waals surface area contributed by atoms with E-state index in [0.717, 1.165) is 5.69 Å². The minimum atomic E-state index is -0.447. The Labute approximate surface area is 87.7 Å². The van der Waals surface area contributed by atoms with Crippen molar-refractivity contribution < 1.29 is 4.92 Å². The van der Waals surface area contributed by atoms with Gasteiger partial charge in [-0.1, -0.05) is 0 Å². The molecule has 0 fully saturated rings. The van der Waals surface area contributed by atoms with Gasteiger partial charge in [-0.05, 0) is 19.1 Å². The molecule has 0 radical (unpaired) electrons. The Morgan fingerprint density at radius 2 is 2.00 bits per heavy atom. The third-order valence-corrected chi connectivity index (χ3v) is 2.24. The molecule has 0 amide bonds. The van der Waals surface area contributed by atoms with E-state index in [9.17, 15) is 10.1 Å². The van der Waals surface area contributed by atoms with E-state index < -0.39 is 4.92 Å². The number of rotatable bonds is 3. The highest BCUT2D eigenvalue weighted by Crippen LogP contribution is 2.19. The quantitative estimate of drug-likeness (QED) is 0.558. The molecule has 0 heterocycles. The smallest absolute Gasteiger partial charge is 0.269 e. The zero-order valence-corrected chi connectivity index (χ0v) is 8.54. The zero-order chi connectivity index (χ0) is 11.4. The van der Waals surface area contributed by atoms with Crippen molar-refractivity contribution in [2.24, 2.45) is 0 Å². The fourth-order valence-corrected chi connectivity index (χ4v) is 1.12. The Bertz CT molecular complexity index is 394. The molecule has 1 rings (SSSR count). The maximum Gasteiger partial charge on any atom is 0.269 e. The van der Waals surface area contributed by atoms with Crippen molar-refractivity contribution in [1.29, 1.82) is 5.26 Å². The van der Waals surface area contributed by atoms with Gasteiger partial charge >= 0.3 is 0 Å². The molecule has 78 valence electrons. The van der Waals surface area contributed by atoms with Gasteiger partial charge in [0, 0.05) is 24.9 Å². The summed E-state index contributed by atoms with van der Waals surface area (Å²) in [6, 6.07) is 7.95. The van der Waals surface area contributed by atoms with Gasteiger partial charge < -0.3 is 4.90 Å². The highest BCUT2D eigenvalue weighted by atomic mass is 16.6. The first-order valence-corrected chi connectivity index (χ1v) is 4.43. The number of nitriles is 1. The molecule has 0 aliphatic rings. The maximum absolute atomic E-state index is 10.4. The third-order valence-electron chi connectivity index (χ3n) is 2.24. The number of nitrogens with zero attached hydrogens (tertiary/aromatic N) is 3. The summed E-state index contributed by atoms with van der Waals surface area (Å²) >= 11 is 0. The van der Waals surface area contributed by atoms with E-state index in [1.807, 2.05) is 0 Å². The van der Waals surface area contributed by atoms with Gasteiger partial charge in [-0.2, -0.15) is 5.26 Å². The fourth-order valence-electron chi connectivity index (χ4n) is 1.12. The molecular formula is C10H11N3O2. The second kappa shape index (κ2) is 4.42. The Hall–Kier alpha value is -2.09. The molecule has 0 bridgehead atoms. The van der Waals surface area contributed by atoms with E-state index in [2.05, 4.69) is 6.07 Å². The molecule has 0 aliphatic heterocycles. The van der Waals surface area contributed by atoms with Crippen molar-refractivity contribution in [2.75, 3.05) is 11.9 Å². The van der Waals surface area contributed by atoms with Gasteiger partial charge in [0.15, 0.2) is 0 Å². The molecule has 0 N–H and O–H groups in total. The number of nitro benzene ring substituents is 1. The Morgan fingerprint density at radius 3 is 2.40 bits per heavy atom. The molecule has 15 heavy (non-hydrogen) atoms. The normalized spacial score (nSPS) is 11.5. The molecule has 0 saturated carbocycles. The van der Waals surface area contributed by atoms with Crippen molar-refractivity contribution in [3.05, 3.63) is 34.4 Å². The number of anilines is 1. The Morgan fingerprint density at radius 1 is 1.47 bits per heavy atom. The zero-order valence-electron chi connectivity index (χ0n) is 8.54. The number of hydrogen-bond donors (Lipinski definition) is 0. The lowest BCUT2D eigenvalue weighted by Gasteiger charge is -2.21. The van der Waals surface area contributed by atoms with E-state index in [-0.39, 0.29) is 11.7 Å². The van der Waals surface area contributed by atoms with E-state index >= 15 is 0 Å². The van der Waals surface area contributed by atoms with Gasteiger partial charge in [0.05, 0.1) is 11.0 Å². The van der Waals surface area contributed by atoms with Crippen LogP contribution in [0, 0.1) is 21.4 Å². The molecule has 0 spiro atoms. The number of non-ortho nitro benzene ring substituents is 1. The largest absolute Gasteiger partial charge is 0.359 e. The maximum atomic E-state index is 10.4. The molecule has 5 heteroatoms. The summed E-state index contributed by atoms with van der Waals surface area (Å²) < 4.78 is 0. The molecule has 1 aromatic rings. The van der Waals surface area contributed by atoms with Crippen LogP contribution in [0.5, 0.6) is 0 Å². The van der Waals surface area contributed by atoms with Gasteiger partial charge in [-0.3, -0.25) is 10.1 Å². The minimum Gasteiger partial charge on any atom is -0.359 e. The minimum absolute atomic E-state index is 0.0526. The van der Waals surface area contributed by atoms with E-state index in [1.54, 1.807) is 31.0 Å². The van der Waals surface area contributed by atoms with Crippen molar-refractivity contribution in [3.63, 3.8) is 0 Å². The van der Waals surface area contributed by atoms with Crippen molar-refractivity contribution in [1.82, 2.24) is 0 Å². The average molecular weight is 205 g/mol. The van der Waals surface area contributed by atoms with Crippen LogP contribution in [0.4, 0.5) is 11.4 Å². The number of nitro groups is 1. The molecule has 0 aliphatic carbocycles. The lowest BCUT2D eigenvalue weighted by atomic mass is 10.2. The van der Waals surface area contributed by atoms with Crippen LogP contribution in [-0.4, -0.2) is 18.0 Å². The summed E-state index contributed by atoms with van der Waals surface area (Å²) in [6.07, 6.45) is 0. The van der Waals surface area contributed by atoms with Crippen LogP contribution in [0.1, 0.15) is 6.92 Å². The second-order valence-corrected chi connectivity index (χ2v) is 3.19. The van der Waals surface area contributed by atoms with Crippen LogP contribution >= 0.6 is 0 Å². The predicted molar refractivity (Wildman–Crippen MR) is 56.6 cm³/mol. The van der Waals surface area contributed by atoms with Crippen molar-refractivity contribution in [2.45, 2.75) is 13.0 Å². The highest BCUT2D eigenvalue weighted by molar-refractivity contribution is 5.51. The van der Waals surface area contributed by atoms with Gasteiger partial charge in [-0.25, -0.2) is 0 Å². The lowest BCUT2D eigenvalue weighted by Crippen LogP contribution is -2.26. The molecule has 0 saturated heterocycles. The lowest BCUT2D eigenvalue weighted by molar-refractivity contribution is -0.384. The Kier molecular flexibility index (Phi) is 3.24. The molecule has 1 aromatic carbocycles. The Balaban J connectivity index is 2.90. The number of hydrogen-bond acceptors (Lipinski definition) is 4. The van der Waals surface area contributed by atoms with Crippen LogP contribution in [0.2, 0.25) is 0 Å². The third kappa shape index (κ3) is 2.44. The average Bonchev–Trinajstić information content (AvgIpc) is 2.27. The van der Waals surface area contributed by atoms with Crippen LogP contribution in [0.15, 0.2) is 24.3 Å². The second-order valence-electron chi connectivity index (χ2n) is 3.19. The molecule has 1 atom stereocenters. The van der Waals surface area contributed by atoms with Gasteiger partial charge in [0.25, 0.3) is 5.69 Å². The summed E-state index contributed by atoms with van der Waals surface area (Å²) in [5.41, 5.74) is 0.839. The van der Waals surface area contributed by atoms with Gasteiger partial charge in [-0.15, -0.1) is 0 Å². The first-order chi connectivity index (χ1) is 7.06. The summed E-state index contributed by atoms with van der Waals surface area (Å²) in [6.45, 7) is 1.77. The topological polar surface area (TPSA) is 70.2 Å².